The third-order valence-corrected chi connectivity index (χ3v) is 19.1. The molecule has 0 radical (unpaired) electrons. The summed E-state index contributed by atoms with van der Waals surface area (Å²) in [6.07, 6.45) is 12.3. The van der Waals surface area contributed by atoms with Crippen LogP contribution in [-0.2, 0) is 71.5 Å². The van der Waals surface area contributed by atoms with E-state index in [0.717, 1.165) is 62.6 Å². The summed E-state index contributed by atoms with van der Waals surface area (Å²) in [6, 6.07) is 10.5. The van der Waals surface area contributed by atoms with E-state index in [0.29, 0.717) is 50.8 Å². The SMILES string of the molecule is CCN1C(=CC=CC=CC2=[N+](CC)c3ccc(SOOO)cc3C2(C)C)C(C)(CCCC(=O)NCCCCCC(=O)NCC=Cc2cn([C@H]3C[C@@H](O)[C@@H](COP(=O)(O)OP(=O)(O)OP(=O)(O)O)O3)c(=O)[nH]c2=O)c2cc(S(=O)(=O)O)ccc21. The number of phosphoric acid groups is 3. The maximum Gasteiger partial charge on any atom is 0.490 e. The van der Waals surface area contributed by atoms with Crippen molar-refractivity contribution in [3.63, 3.8) is 0 Å². The second-order valence-corrected chi connectivity index (χ2v) is 26.6. The van der Waals surface area contributed by atoms with E-state index in [-0.39, 0.29) is 53.5 Å². The van der Waals surface area contributed by atoms with Gasteiger partial charge in [-0.3, -0.25) is 33.0 Å². The molecule has 28 nitrogen and oxygen atoms in total. The number of hydrogen-bond donors (Lipinski definition) is 10. The summed E-state index contributed by atoms with van der Waals surface area (Å²) in [5.41, 5.74) is 2.68. The van der Waals surface area contributed by atoms with Crippen LogP contribution in [0.3, 0.4) is 0 Å². The molecule has 3 aliphatic heterocycles. The van der Waals surface area contributed by atoms with Gasteiger partial charge in [0, 0.05) is 84.5 Å². The summed E-state index contributed by atoms with van der Waals surface area (Å²) in [7, 11) is -21.5. The predicted molar refractivity (Wildman–Crippen MR) is 302 cm³/mol. The van der Waals surface area contributed by atoms with E-state index in [1.165, 1.54) is 24.3 Å². The number of nitrogens with one attached hydrogen (secondary N) is 3. The molecule has 3 aliphatic rings. The molecule has 3 aromatic rings. The second-order valence-electron chi connectivity index (χ2n) is 20.0. The van der Waals surface area contributed by atoms with Crippen molar-refractivity contribution in [3.05, 3.63) is 122 Å². The molecule has 4 heterocycles. The zero-order valence-corrected chi connectivity index (χ0v) is 50.1. The van der Waals surface area contributed by atoms with Gasteiger partial charge < -0.3 is 45.0 Å². The van der Waals surface area contributed by atoms with Crippen LogP contribution in [0.1, 0.15) is 109 Å². The number of carbonyl (C=O) groups is 2. The maximum atomic E-state index is 13.1. The van der Waals surface area contributed by atoms with Gasteiger partial charge in [0.1, 0.15) is 18.9 Å². The van der Waals surface area contributed by atoms with Crippen LogP contribution in [0, 0.1) is 0 Å². The van der Waals surface area contributed by atoms with E-state index >= 15 is 0 Å². The van der Waals surface area contributed by atoms with Gasteiger partial charge in [-0.05, 0) is 102 Å². The molecule has 0 aliphatic carbocycles. The molecule has 3 unspecified atom stereocenters. The largest absolute Gasteiger partial charge is 0.490 e. The van der Waals surface area contributed by atoms with Crippen LogP contribution in [0.4, 0.5) is 11.4 Å². The number of fused-ring (bicyclic) bond motifs is 2. The Bertz CT molecular complexity index is 3430. The van der Waals surface area contributed by atoms with Crippen LogP contribution < -0.4 is 26.8 Å². The van der Waals surface area contributed by atoms with Crippen molar-refractivity contribution in [1.29, 1.82) is 0 Å². The minimum absolute atomic E-state index is 0.00145. The fourth-order valence-corrected chi connectivity index (χ4v) is 14.0. The number of ether oxygens (including phenoxy) is 1. The lowest BCUT2D eigenvalue weighted by Gasteiger charge is -2.30. The number of allylic oxidation sites excluding steroid dienone is 6. The van der Waals surface area contributed by atoms with E-state index in [1.54, 1.807) is 6.07 Å². The number of benzene rings is 2. The molecule has 1 aromatic heterocycles. The van der Waals surface area contributed by atoms with E-state index in [4.69, 9.17) is 19.8 Å². The lowest BCUT2D eigenvalue weighted by atomic mass is 9.77. The highest BCUT2D eigenvalue weighted by Crippen LogP contribution is 2.66. The topological polar surface area (TPSA) is 402 Å². The van der Waals surface area contributed by atoms with Crippen molar-refractivity contribution >= 4 is 80.6 Å². The number of aromatic amines is 1. The minimum Gasteiger partial charge on any atom is -0.390 e. The van der Waals surface area contributed by atoms with Crippen molar-refractivity contribution in [2.75, 3.05) is 37.7 Å². The van der Waals surface area contributed by atoms with E-state index < -0.39 is 75.3 Å². The Labute approximate surface area is 481 Å². The molecule has 10 N–H and O–H groups in total. The molecule has 83 heavy (non-hydrogen) atoms. The number of amides is 2. The van der Waals surface area contributed by atoms with Crippen molar-refractivity contribution in [1.82, 2.24) is 20.2 Å². The molecule has 1 fully saturated rings. The third-order valence-electron chi connectivity index (χ3n) is 13.9. The van der Waals surface area contributed by atoms with Crippen LogP contribution >= 0.6 is 35.5 Å². The molecule has 0 bridgehead atoms. The normalized spacial score (nSPS) is 21.8. The summed E-state index contributed by atoms with van der Waals surface area (Å²) in [5.74, 6) is -0.469. The number of nitrogens with zero attached hydrogens (tertiary/aromatic N) is 3. The number of unbranched alkanes of at least 4 members (excludes halogenated alkanes) is 2. The zero-order valence-electron chi connectivity index (χ0n) is 45.8. The molecule has 1 saturated heterocycles. The standard InChI is InChI=1S/C50H67N6O22P3S2/c1-6-54-38-23-21-34(82-76-75-62)28-36(38)49(3,4)42(54)17-10-8-11-18-43-50(5,37-29-35(83(70,71)72)22-24-39(37)55(43)7-2)25-14-20-45(59)51-26-13-9-12-19-44(58)52-27-15-16-33-31-56(48(61)53-47(33)60)46-30-40(57)41(74-46)32-73-80(66,67)78-81(68,69)77-79(63,64)65/h8,10-11,15-18,21-24,28-29,31,40-41,46,57H,6-7,9,12-14,19-20,25-27,30,32H2,1-5H3,(H8-,51,52,53,58,59,60,61,62,63,64,65,66,67,68,69,70,71,72)/p+1/t40-,41-,46-,50?/m1/s1. The molecule has 33 heteroatoms. The number of carbonyl (C=O) groups excluding carboxylic acids is 2. The molecule has 2 amide bonds. The maximum absolute atomic E-state index is 13.1. The van der Waals surface area contributed by atoms with E-state index in [2.05, 4.69) is 74.5 Å². The van der Waals surface area contributed by atoms with Gasteiger partial charge in [0.05, 0.1) is 40.6 Å². The van der Waals surface area contributed by atoms with Gasteiger partial charge in [-0.15, -0.1) is 4.33 Å². The van der Waals surface area contributed by atoms with Gasteiger partial charge in [0.2, 0.25) is 17.5 Å². The van der Waals surface area contributed by atoms with Crippen molar-refractivity contribution in [3.8, 4) is 0 Å². The average Bonchev–Trinajstić information content (AvgIpc) is 1.89. The van der Waals surface area contributed by atoms with E-state index in [1.807, 2.05) is 56.4 Å². The van der Waals surface area contributed by atoms with Crippen molar-refractivity contribution in [2.45, 2.75) is 125 Å². The Morgan fingerprint density at radius 2 is 1.64 bits per heavy atom. The quantitative estimate of drug-likeness (QED) is 0.00529. The number of phosphoric ester groups is 1. The Kier molecular flexibility index (Phi) is 23.0. The number of aliphatic hydroxyl groups is 1. The van der Waals surface area contributed by atoms with Crippen LogP contribution in [0.2, 0.25) is 0 Å². The lowest BCUT2D eigenvalue weighted by Crippen LogP contribution is -2.33. The van der Waals surface area contributed by atoms with E-state index in [9.17, 15) is 60.7 Å². The summed E-state index contributed by atoms with van der Waals surface area (Å²) in [6.45, 7) is 11.0. The highest BCUT2D eigenvalue weighted by atomic mass is 32.2. The van der Waals surface area contributed by atoms with Crippen LogP contribution in [0.15, 0.2) is 104 Å². The van der Waals surface area contributed by atoms with Gasteiger partial charge in [-0.2, -0.15) is 21.6 Å². The molecule has 2 aromatic carbocycles. The monoisotopic (exact) mass is 1260 g/mol. The average molecular weight is 1260 g/mol. The first-order valence-corrected chi connectivity index (χ1v) is 32.7. The summed E-state index contributed by atoms with van der Waals surface area (Å²) >= 11 is 0.899. The van der Waals surface area contributed by atoms with Gasteiger partial charge in [0.15, 0.2) is 5.71 Å². The summed E-state index contributed by atoms with van der Waals surface area (Å²) in [4.78, 5) is 92.1. The number of likely N-dealkylation sites (N-methyl/N-ethyl adjacent to an activating group) is 1. The zero-order chi connectivity index (χ0) is 61.1. The fraction of sp³-hybridized carbons (Fsp3) is 0.460. The number of aliphatic hydroxyl groups excluding tert-OH is 1. The molecular weight excluding hydrogens is 1190 g/mol. The third kappa shape index (κ3) is 17.8. The Hall–Kier alpha value is -5.04. The molecule has 0 saturated carbocycles. The van der Waals surface area contributed by atoms with Gasteiger partial charge >= 0.3 is 29.2 Å². The van der Waals surface area contributed by atoms with Gasteiger partial charge in [-0.1, -0.05) is 41.8 Å². The Balaban J connectivity index is 0.959. The van der Waals surface area contributed by atoms with Crippen LogP contribution in [-0.4, -0.2) is 120 Å². The first-order chi connectivity index (χ1) is 38.9. The first kappa shape index (κ1) is 67.1. The van der Waals surface area contributed by atoms with Crippen LogP contribution in [0.25, 0.3) is 6.08 Å². The number of rotatable bonds is 30. The summed E-state index contributed by atoms with van der Waals surface area (Å²) in [5, 5.41) is 28.5. The number of hydrogen-bond acceptors (Lipinski definition) is 19. The first-order valence-electron chi connectivity index (χ1n) is 26.0. The second kappa shape index (κ2) is 28.4. The highest BCUT2D eigenvalue weighted by molar-refractivity contribution is 7.94. The van der Waals surface area contributed by atoms with Gasteiger partial charge in [0.25, 0.3) is 15.7 Å². The van der Waals surface area contributed by atoms with Crippen molar-refractivity contribution < 1.29 is 98.0 Å². The Morgan fingerprint density at radius 1 is 0.916 bits per heavy atom. The number of aromatic nitrogens is 2. The Morgan fingerprint density at radius 3 is 2.33 bits per heavy atom. The smallest absolute Gasteiger partial charge is 0.390 e. The summed E-state index contributed by atoms with van der Waals surface area (Å²) < 4.78 is 94.4. The fourth-order valence-electron chi connectivity index (χ4n) is 10.0. The molecule has 6 rings (SSSR count). The van der Waals surface area contributed by atoms with Gasteiger partial charge in [-0.25, -0.2) is 23.7 Å². The molecule has 0 spiro atoms. The highest BCUT2D eigenvalue weighted by Gasteiger charge is 2.46. The lowest BCUT2D eigenvalue weighted by molar-refractivity contribution is -0.433. The number of H-pyrrole nitrogens is 1. The number of anilines is 1. The van der Waals surface area contributed by atoms with Crippen molar-refractivity contribution in [2.24, 2.45) is 0 Å². The molecule has 456 valence electrons. The minimum atomic E-state index is -5.80. The molecule has 6 atom stereocenters. The predicted octanol–water partition coefficient (Wildman–Crippen LogP) is 6.07. The van der Waals surface area contributed by atoms with Crippen LogP contribution in [0.5, 0.6) is 0 Å². The molecular formula is C50H68N6O22P3S2+.